The Bertz CT molecular complexity index is 478. The third-order valence-corrected chi connectivity index (χ3v) is 3.07. The molecule has 74 valence electrons. The molecule has 0 spiro atoms. The van der Waals surface area contributed by atoms with E-state index in [0.29, 0.717) is 14.4 Å². The summed E-state index contributed by atoms with van der Waals surface area (Å²) in [5.74, 6) is -0.883. The highest BCUT2D eigenvalue weighted by atomic mass is 35.5. The number of benzene rings is 1. The van der Waals surface area contributed by atoms with E-state index < -0.39 is 17.8 Å². The molecule has 0 atom stereocenters. The van der Waals surface area contributed by atoms with Crippen molar-refractivity contribution in [3.05, 3.63) is 33.9 Å². The molecule has 0 aliphatic heterocycles. The van der Waals surface area contributed by atoms with E-state index in [-0.39, 0.29) is 0 Å². The molecule has 0 N–H and O–H groups in total. The van der Waals surface area contributed by atoms with E-state index in [0.717, 1.165) is 12.1 Å². The van der Waals surface area contributed by atoms with Crippen LogP contribution in [-0.2, 0) is 0 Å². The Labute approximate surface area is 86.9 Å². The van der Waals surface area contributed by atoms with Crippen molar-refractivity contribution in [1.29, 1.82) is 0 Å². The van der Waals surface area contributed by atoms with Crippen molar-refractivity contribution < 1.29 is 13.2 Å². The highest BCUT2D eigenvalue weighted by molar-refractivity contribution is 7.22. The molecular formula is C9H4ClF3S. The van der Waals surface area contributed by atoms with Crippen LogP contribution in [0.4, 0.5) is 13.2 Å². The molecule has 14 heavy (non-hydrogen) atoms. The molecular weight excluding hydrogens is 233 g/mol. The van der Waals surface area contributed by atoms with Crippen molar-refractivity contribution >= 4 is 33.0 Å². The average Bonchev–Trinajstić information content (AvgIpc) is 2.42. The Morgan fingerprint density at radius 1 is 1.21 bits per heavy atom. The second-order valence-corrected chi connectivity index (χ2v) is 4.48. The Kier molecular flexibility index (Phi) is 2.41. The van der Waals surface area contributed by atoms with E-state index >= 15 is 0 Å². The van der Waals surface area contributed by atoms with Gasteiger partial charge in [0.25, 0.3) is 6.43 Å². The highest BCUT2D eigenvalue weighted by Crippen LogP contribution is 2.33. The van der Waals surface area contributed by atoms with Crippen LogP contribution in [0.5, 0.6) is 0 Å². The lowest BCUT2D eigenvalue weighted by atomic mass is 10.1. The molecule has 1 aromatic heterocycles. The first-order chi connectivity index (χ1) is 6.58. The number of thiophene rings is 1. The minimum absolute atomic E-state index is 0.464. The van der Waals surface area contributed by atoms with Crippen LogP contribution in [0.1, 0.15) is 12.0 Å². The molecule has 0 radical (unpaired) electrons. The first-order valence-corrected chi connectivity index (χ1v) is 4.94. The number of alkyl halides is 2. The molecule has 0 unspecified atom stereocenters. The maximum absolute atomic E-state index is 13.1. The average molecular weight is 237 g/mol. The van der Waals surface area contributed by atoms with Gasteiger partial charge in [0, 0.05) is 4.70 Å². The van der Waals surface area contributed by atoms with E-state index in [1.807, 2.05) is 0 Å². The monoisotopic (exact) mass is 236 g/mol. The lowest BCUT2D eigenvalue weighted by Gasteiger charge is -2.00. The summed E-state index contributed by atoms with van der Waals surface area (Å²) < 4.78 is 38.7. The standard InChI is InChI=1S/C9H4ClF3S/c10-8-2-4-1-5(9(12)13)6(11)3-7(4)14-8/h1-3,9H. The van der Waals surface area contributed by atoms with Gasteiger partial charge in [-0.05, 0) is 23.6 Å². The van der Waals surface area contributed by atoms with Crippen LogP contribution < -0.4 is 0 Å². The summed E-state index contributed by atoms with van der Waals surface area (Å²) in [5, 5.41) is 0.553. The van der Waals surface area contributed by atoms with E-state index in [1.165, 1.54) is 11.3 Å². The van der Waals surface area contributed by atoms with Crippen LogP contribution in [0.25, 0.3) is 10.1 Å². The fraction of sp³-hybridized carbons (Fsp3) is 0.111. The summed E-state index contributed by atoms with van der Waals surface area (Å²) in [6.45, 7) is 0. The fourth-order valence-electron chi connectivity index (χ4n) is 1.21. The lowest BCUT2D eigenvalue weighted by molar-refractivity contribution is 0.146. The predicted octanol–water partition coefficient (Wildman–Crippen LogP) is 4.63. The number of rotatable bonds is 1. The molecule has 0 nitrogen and oxygen atoms in total. The van der Waals surface area contributed by atoms with Crippen molar-refractivity contribution in [2.75, 3.05) is 0 Å². The van der Waals surface area contributed by atoms with E-state index in [1.54, 1.807) is 6.07 Å². The van der Waals surface area contributed by atoms with Gasteiger partial charge in [-0.2, -0.15) is 0 Å². The highest BCUT2D eigenvalue weighted by Gasteiger charge is 2.15. The molecule has 0 fully saturated rings. The zero-order valence-corrected chi connectivity index (χ0v) is 8.30. The number of halogens is 4. The summed E-state index contributed by atoms with van der Waals surface area (Å²) in [7, 11) is 0. The Hall–Kier alpha value is -0.740. The summed E-state index contributed by atoms with van der Waals surface area (Å²) in [6, 6.07) is 3.78. The normalized spacial score (nSPS) is 11.5. The fourth-order valence-corrected chi connectivity index (χ4v) is 2.38. The van der Waals surface area contributed by atoms with Crippen LogP contribution >= 0.6 is 22.9 Å². The maximum atomic E-state index is 13.1. The SMILES string of the molecule is Fc1cc2sc(Cl)cc2cc1C(F)F. The second kappa shape index (κ2) is 3.44. The van der Waals surface area contributed by atoms with Crippen LogP contribution in [0, 0.1) is 5.82 Å². The van der Waals surface area contributed by atoms with E-state index in [4.69, 9.17) is 11.6 Å². The third kappa shape index (κ3) is 1.60. The van der Waals surface area contributed by atoms with E-state index in [2.05, 4.69) is 0 Å². The molecule has 0 bridgehead atoms. The van der Waals surface area contributed by atoms with Crippen LogP contribution in [0.15, 0.2) is 18.2 Å². The van der Waals surface area contributed by atoms with Gasteiger partial charge in [0.15, 0.2) is 0 Å². The second-order valence-electron chi connectivity index (χ2n) is 2.76. The van der Waals surface area contributed by atoms with Crippen LogP contribution in [-0.4, -0.2) is 0 Å². The van der Waals surface area contributed by atoms with Crippen molar-refractivity contribution in [2.45, 2.75) is 6.43 Å². The number of hydrogen-bond acceptors (Lipinski definition) is 1. The van der Waals surface area contributed by atoms with Gasteiger partial charge < -0.3 is 0 Å². The molecule has 0 aliphatic carbocycles. The molecule has 1 heterocycles. The molecule has 5 heteroatoms. The Morgan fingerprint density at radius 2 is 1.93 bits per heavy atom. The van der Waals surface area contributed by atoms with E-state index in [9.17, 15) is 13.2 Å². The summed E-state index contributed by atoms with van der Waals surface area (Å²) >= 11 is 6.84. The lowest BCUT2D eigenvalue weighted by Crippen LogP contribution is -1.89. The molecule has 2 aromatic rings. The Balaban J connectivity index is 2.70. The van der Waals surface area contributed by atoms with Crippen molar-refractivity contribution in [2.24, 2.45) is 0 Å². The predicted molar refractivity (Wildman–Crippen MR) is 51.8 cm³/mol. The van der Waals surface area contributed by atoms with Gasteiger partial charge in [-0.3, -0.25) is 0 Å². The molecule has 2 rings (SSSR count). The van der Waals surface area contributed by atoms with Crippen LogP contribution in [0.3, 0.4) is 0 Å². The van der Waals surface area contributed by atoms with Gasteiger partial charge in [-0.15, -0.1) is 11.3 Å². The van der Waals surface area contributed by atoms with Gasteiger partial charge in [0.05, 0.1) is 9.90 Å². The zero-order valence-electron chi connectivity index (χ0n) is 6.73. The summed E-state index contributed by atoms with van der Waals surface area (Å²) in [6.07, 6.45) is -2.79. The largest absolute Gasteiger partial charge is 0.266 e. The minimum Gasteiger partial charge on any atom is -0.206 e. The van der Waals surface area contributed by atoms with Crippen molar-refractivity contribution in [3.8, 4) is 0 Å². The molecule has 0 aliphatic rings. The molecule has 0 saturated heterocycles. The zero-order chi connectivity index (χ0) is 10.3. The van der Waals surface area contributed by atoms with Gasteiger partial charge in [0.2, 0.25) is 0 Å². The Morgan fingerprint density at radius 3 is 2.57 bits per heavy atom. The molecule has 1 aromatic carbocycles. The van der Waals surface area contributed by atoms with Gasteiger partial charge in [-0.1, -0.05) is 11.6 Å². The topological polar surface area (TPSA) is 0 Å². The quantitative estimate of drug-likeness (QED) is 0.677. The van der Waals surface area contributed by atoms with Gasteiger partial charge >= 0.3 is 0 Å². The van der Waals surface area contributed by atoms with Gasteiger partial charge in [0.1, 0.15) is 5.82 Å². The number of fused-ring (bicyclic) bond motifs is 1. The summed E-state index contributed by atoms with van der Waals surface area (Å²) in [5.41, 5.74) is -0.577. The minimum atomic E-state index is -2.79. The smallest absolute Gasteiger partial charge is 0.206 e. The first kappa shape index (κ1) is 9.80. The third-order valence-electron chi connectivity index (χ3n) is 1.84. The van der Waals surface area contributed by atoms with Crippen molar-refractivity contribution in [1.82, 2.24) is 0 Å². The van der Waals surface area contributed by atoms with Gasteiger partial charge in [-0.25, -0.2) is 13.2 Å². The summed E-state index contributed by atoms with van der Waals surface area (Å²) in [4.78, 5) is 0. The van der Waals surface area contributed by atoms with Crippen LogP contribution in [0.2, 0.25) is 4.34 Å². The number of hydrogen-bond donors (Lipinski definition) is 0. The van der Waals surface area contributed by atoms with Crippen molar-refractivity contribution in [3.63, 3.8) is 0 Å². The maximum Gasteiger partial charge on any atom is 0.266 e. The molecule has 0 saturated carbocycles. The molecule has 0 amide bonds. The first-order valence-electron chi connectivity index (χ1n) is 3.74.